The number of hydrogen-bond donors (Lipinski definition) is 4. The number of phenols is 2. The van der Waals surface area contributed by atoms with E-state index in [0.29, 0.717) is 17.0 Å². The maximum absolute atomic E-state index is 11.1. The molecule has 3 aromatic rings. The first-order valence-electron chi connectivity index (χ1n) is 6.81. The molecular weight excluding hydrogens is 296 g/mol. The largest absolute Gasteiger partial charge is 0.508 e. The summed E-state index contributed by atoms with van der Waals surface area (Å²) in [7, 11) is 0. The number of nitrogens with zero attached hydrogens (tertiary/aromatic N) is 2. The van der Waals surface area contributed by atoms with Crippen LogP contribution in [0.2, 0.25) is 0 Å². The SMILES string of the molecule is Cc1ccc(-c2n[nH]c(C(N)=O)n2)cc1-c1ccc(O)cc1O. The van der Waals surface area contributed by atoms with Gasteiger partial charge in [0.25, 0.3) is 5.91 Å². The second kappa shape index (κ2) is 5.45. The van der Waals surface area contributed by atoms with Crippen molar-refractivity contribution in [2.45, 2.75) is 6.92 Å². The molecule has 0 spiro atoms. The van der Waals surface area contributed by atoms with Crippen molar-refractivity contribution in [1.82, 2.24) is 15.2 Å². The lowest BCUT2D eigenvalue weighted by Gasteiger charge is -2.10. The zero-order chi connectivity index (χ0) is 16.6. The van der Waals surface area contributed by atoms with E-state index >= 15 is 0 Å². The first kappa shape index (κ1) is 14.6. The molecule has 7 nitrogen and oxygen atoms in total. The average Bonchev–Trinajstić information content (AvgIpc) is 2.98. The second-order valence-electron chi connectivity index (χ2n) is 5.10. The van der Waals surface area contributed by atoms with Crippen LogP contribution in [0.5, 0.6) is 11.5 Å². The van der Waals surface area contributed by atoms with E-state index < -0.39 is 5.91 Å². The van der Waals surface area contributed by atoms with E-state index in [1.807, 2.05) is 19.1 Å². The number of nitrogens with one attached hydrogen (secondary N) is 1. The van der Waals surface area contributed by atoms with Gasteiger partial charge >= 0.3 is 0 Å². The number of aromatic hydroxyl groups is 2. The van der Waals surface area contributed by atoms with Gasteiger partial charge in [0.05, 0.1) is 0 Å². The van der Waals surface area contributed by atoms with E-state index in [1.165, 1.54) is 12.1 Å². The minimum Gasteiger partial charge on any atom is -0.508 e. The molecule has 0 unspecified atom stereocenters. The lowest BCUT2D eigenvalue weighted by Crippen LogP contribution is -2.12. The van der Waals surface area contributed by atoms with Crippen LogP contribution in [0.4, 0.5) is 0 Å². The first-order chi connectivity index (χ1) is 11.0. The third-order valence-corrected chi connectivity index (χ3v) is 3.49. The Morgan fingerprint density at radius 2 is 1.91 bits per heavy atom. The average molecular weight is 310 g/mol. The standard InChI is InChI=1S/C16H14N4O3/c1-8-2-3-9(15-18-16(14(17)23)20-19-15)6-12(8)11-5-4-10(21)7-13(11)22/h2-7,21-22H,1H3,(H2,17,23)(H,18,19,20). The Bertz CT molecular complexity index is 902. The molecule has 1 aromatic heterocycles. The van der Waals surface area contributed by atoms with E-state index in [9.17, 15) is 15.0 Å². The second-order valence-corrected chi connectivity index (χ2v) is 5.10. The van der Waals surface area contributed by atoms with E-state index in [0.717, 1.165) is 11.1 Å². The summed E-state index contributed by atoms with van der Waals surface area (Å²) in [5, 5.41) is 25.9. The van der Waals surface area contributed by atoms with Gasteiger partial charge in [-0.1, -0.05) is 12.1 Å². The van der Waals surface area contributed by atoms with Gasteiger partial charge in [-0.2, -0.15) is 5.10 Å². The highest BCUT2D eigenvalue weighted by Crippen LogP contribution is 2.35. The van der Waals surface area contributed by atoms with Gasteiger partial charge in [-0.05, 0) is 36.2 Å². The Labute approximate surface area is 131 Å². The topological polar surface area (TPSA) is 125 Å². The molecule has 116 valence electrons. The zero-order valence-electron chi connectivity index (χ0n) is 12.2. The molecule has 0 aliphatic rings. The zero-order valence-corrected chi connectivity index (χ0v) is 12.2. The molecule has 2 aromatic carbocycles. The van der Waals surface area contributed by atoms with Crippen molar-refractivity contribution >= 4 is 5.91 Å². The molecule has 1 heterocycles. The number of amides is 1. The van der Waals surface area contributed by atoms with E-state index in [4.69, 9.17) is 5.73 Å². The maximum atomic E-state index is 11.1. The summed E-state index contributed by atoms with van der Waals surface area (Å²) in [4.78, 5) is 15.1. The molecule has 23 heavy (non-hydrogen) atoms. The van der Waals surface area contributed by atoms with E-state index in [2.05, 4.69) is 15.2 Å². The highest BCUT2D eigenvalue weighted by atomic mass is 16.3. The van der Waals surface area contributed by atoms with Gasteiger partial charge < -0.3 is 15.9 Å². The fraction of sp³-hybridized carbons (Fsp3) is 0.0625. The van der Waals surface area contributed by atoms with Crippen LogP contribution in [0.3, 0.4) is 0 Å². The molecule has 7 heteroatoms. The fourth-order valence-corrected chi connectivity index (χ4v) is 2.30. The van der Waals surface area contributed by atoms with Crippen molar-refractivity contribution in [2.75, 3.05) is 0 Å². The smallest absolute Gasteiger partial charge is 0.286 e. The number of H-pyrrole nitrogens is 1. The van der Waals surface area contributed by atoms with Crippen molar-refractivity contribution in [2.24, 2.45) is 5.73 Å². The monoisotopic (exact) mass is 310 g/mol. The molecule has 0 saturated heterocycles. The van der Waals surface area contributed by atoms with Crippen molar-refractivity contribution < 1.29 is 15.0 Å². The Hall–Kier alpha value is -3.35. The van der Waals surface area contributed by atoms with E-state index in [1.54, 1.807) is 12.1 Å². The summed E-state index contributed by atoms with van der Waals surface area (Å²) < 4.78 is 0. The van der Waals surface area contributed by atoms with Crippen LogP contribution >= 0.6 is 0 Å². The predicted octanol–water partition coefficient (Wildman–Crippen LogP) is 1.96. The molecule has 0 aliphatic heterocycles. The van der Waals surface area contributed by atoms with E-state index in [-0.39, 0.29) is 17.3 Å². The van der Waals surface area contributed by atoms with Crippen LogP contribution in [0.1, 0.15) is 16.2 Å². The molecule has 0 bridgehead atoms. The third-order valence-electron chi connectivity index (χ3n) is 3.49. The summed E-state index contributed by atoms with van der Waals surface area (Å²) >= 11 is 0. The summed E-state index contributed by atoms with van der Waals surface area (Å²) in [6.07, 6.45) is 0. The number of benzene rings is 2. The Balaban J connectivity index is 2.10. The number of primary amides is 1. The number of aromatic amines is 1. The van der Waals surface area contributed by atoms with Crippen LogP contribution in [0, 0.1) is 6.92 Å². The van der Waals surface area contributed by atoms with Crippen LogP contribution in [0.25, 0.3) is 22.5 Å². The molecule has 0 atom stereocenters. The molecular formula is C16H14N4O3. The summed E-state index contributed by atoms with van der Waals surface area (Å²) in [6, 6.07) is 9.87. The van der Waals surface area contributed by atoms with Gasteiger partial charge in [-0.15, -0.1) is 0 Å². The van der Waals surface area contributed by atoms with Gasteiger partial charge in [0.15, 0.2) is 5.82 Å². The van der Waals surface area contributed by atoms with Crippen molar-refractivity contribution in [3.63, 3.8) is 0 Å². The van der Waals surface area contributed by atoms with Crippen LogP contribution in [-0.2, 0) is 0 Å². The number of aryl methyl sites for hydroxylation is 1. The van der Waals surface area contributed by atoms with Gasteiger partial charge in [-0.25, -0.2) is 4.98 Å². The number of aromatic nitrogens is 3. The molecule has 0 aliphatic carbocycles. The molecule has 0 saturated carbocycles. The highest BCUT2D eigenvalue weighted by molar-refractivity contribution is 5.89. The number of nitrogens with two attached hydrogens (primary N) is 1. The van der Waals surface area contributed by atoms with Crippen molar-refractivity contribution in [3.05, 3.63) is 47.8 Å². The predicted molar refractivity (Wildman–Crippen MR) is 83.8 cm³/mol. The molecule has 1 amide bonds. The first-order valence-corrected chi connectivity index (χ1v) is 6.81. The Morgan fingerprint density at radius 3 is 2.57 bits per heavy atom. The number of phenolic OH excluding ortho intramolecular Hbond substituents is 2. The number of rotatable bonds is 3. The number of hydrogen-bond acceptors (Lipinski definition) is 5. The summed E-state index contributed by atoms with van der Waals surface area (Å²) in [5.41, 5.74) is 8.10. The normalized spacial score (nSPS) is 10.7. The Morgan fingerprint density at radius 1 is 1.13 bits per heavy atom. The lowest BCUT2D eigenvalue weighted by molar-refractivity contribution is 0.0991. The lowest BCUT2D eigenvalue weighted by atomic mass is 9.97. The van der Waals surface area contributed by atoms with Crippen molar-refractivity contribution in [3.8, 4) is 34.0 Å². The molecule has 5 N–H and O–H groups in total. The van der Waals surface area contributed by atoms with Gasteiger partial charge in [0, 0.05) is 17.2 Å². The third kappa shape index (κ3) is 2.71. The summed E-state index contributed by atoms with van der Waals surface area (Å²) in [5.74, 6) is -0.418. The minimum atomic E-state index is -0.688. The quantitative estimate of drug-likeness (QED) is 0.588. The van der Waals surface area contributed by atoms with Crippen LogP contribution < -0.4 is 5.73 Å². The van der Waals surface area contributed by atoms with Gasteiger partial charge in [-0.3, -0.25) is 9.89 Å². The fourth-order valence-electron chi connectivity index (χ4n) is 2.30. The van der Waals surface area contributed by atoms with Crippen LogP contribution in [-0.4, -0.2) is 31.3 Å². The number of carbonyl (C=O) groups is 1. The Kier molecular flexibility index (Phi) is 3.46. The van der Waals surface area contributed by atoms with Crippen LogP contribution in [0.15, 0.2) is 36.4 Å². The minimum absolute atomic E-state index is 0.0138. The molecule has 0 fully saturated rings. The maximum Gasteiger partial charge on any atom is 0.286 e. The number of carbonyl (C=O) groups excluding carboxylic acids is 1. The molecule has 3 rings (SSSR count). The van der Waals surface area contributed by atoms with Gasteiger partial charge in [0.2, 0.25) is 5.82 Å². The van der Waals surface area contributed by atoms with Gasteiger partial charge in [0.1, 0.15) is 11.5 Å². The molecule has 0 radical (unpaired) electrons. The summed E-state index contributed by atoms with van der Waals surface area (Å²) in [6.45, 7) is 1.90. The highest BCUT2D eigenvalue weighted by Gasteiger charge is 2.13. The van der Waals surface area contributed by atoms with Crippen molar-refractivity contribution in [1.29, 1.82) is 0 Å².